The van der Waals surface area contributed by atoms with Crippen molar-refractivity contribution in [2.75, 3.05) is 38.1 Å². The molecule has 5 rings (SSSR count). The average molecular weight is 536 g/mol. The third-order valence-corrected chi connectivity index (χ3v) is 7.73. The second kappa shape index (κ2) is 12.7. The van der Waals surface area contributed by atoms with Gasteiger partial charge in [0.1, 0.15) is 6.04 Å². The first-order valence-electron chi connectivity index (χ1n) is 13.3. The zero-order chi connectivity index (χ0) is 25.8. The normalized spacial score (nSPS) is 18.8. The van der Waals surface area contributed by atoms with Gasteiger partial charge >= 0.3 is 0 Å². The van der Waals surface area contributed by atoms with Gasteiger partial charge in [0.25, 0.3) is 0 Å². The van der Waals surface area contributed by atoms with Crippen LogP contribution in [0.25, 0.3) is 10.8 Å². The number of hydrogen-bond donors (Lipinski definition) is 3. The number of piperazine rings is 1. The number of nitrogens with one attached hydrogen (secondary N) is 3. The van der Waals surface area contributed by atoms with Gasteiger partial charge in [0, 0.05) is 38.4 Å². The first-order valence-corrected chi connectivity index (χ1v) is 13.3. The first kappa shape index (κ1) is 28.0. The summed E-state index contributed by atoms with van der Waals surface area (Å²) in [5.41, 5.74) is 4.49. The number of benzene rings is 3. The molecule has 8 heteroatoms. The van der Waals surface area contributed by atoms with Crippen LogP contribution >= 0.6 is 12.4 Å². The van der Waals surface area contributed by atoms with Crippen molar-refractivity contribution in [2.24, 2.45) is 0 Å². The Morgan fingerprint density at radius 1 is 0.974 bits per heavy atom. The molecule has 202 valence electrons. The minimum absolute atomic E-state index is 0. The van der Waals surface area contributed by atoms with Crippen molar-refractivity contribution >= 4 is 40.7 Å². The lowest BCUT2D eigenvalue weighted by Gasteiger charge is -2.28. The van der Waals surface area contributed by atoms with Crippen LogP contribution in [-0.2, 0) is 29.1 Å². The van der Waals surface area contributed by atoms with E-state index < -0.39 is 6.04 Å². The summed E-state index contributed by atoms with van der Waals surface area (Å²) in [4.78, 5) is 30.9. The Balaban J connectivity index is 0.00000336. The van der Waals surface area contributed by atoms with Gasteiger partial charge in [0.05, 0.1) is 12.6 Å². The molecule has 2 aliphatic rings. The molecule has 0 spiro atoms. The number of aryl methyl sites for hydroxylation is 1. The minimum atomic E-state index is -0.561. The largest absolute Gasteiger partial charge is 0.343 e. The van der Waals surface area contributed by atoms with Crippen LogP contribution in [0, 0.1) is 0 Å². The Morgan fingerprint density at radius 2 is 1.63 bits per heavy atom. The molecule has 2 aliphatic heterocycles. The fourth-order valence-electron chi connectivity index (χ4n) is 5.44. The smallest absolute Gasteiger partial charge is 0.249 e. The second-order valence-corrected chi connectivity index (χ2v) is 10.1. The number of hydrogen-bond acceptors (Lipinski definition) is 5. The summed E-state index contributed by atoms with van der Waals surface area (Å²) in [6.07, 6.45) is 1.32. The van der Waals surface area contributed by atoms with Gasteiger partial charge in [-0.2, -0.15) is 0 Å². The van der Waals surface area contributed by atoms with Crippen LogP contribution in [0.15, 0.2) is 60.7 Å². The second-order valence-electron chi connectivity index (χ2n) is 10.1. The molecule has 2 heterocycles. The highest BCUT2D eigenvalue weighted by atomic mass is 35.5. The Kier molecular flexibility index (Phi) is 9.39. The summed E-state index contributed by atoms with van der Waals surface area (Å²) in [7, 11) is 1.75. The standard InChI is InChI=1S/C30H37N5O2.ClH/c1-21(31-2)29(36)33-27-14-13-22-7-3-4-12-28(22)35(30(27)37)20-24-9-6-10-25-23(8-5-11-26(24)25)19-34-17-15-32-16-18-34;/h3-12,21,27,31-32H,13-20H2,1-2H3,(H,33,36);1H. The van der Waals surface area contributed by atoms with E-state index in [1.165, 1.54) is 16.3 Å². The third-order valence-electron chi connectivity index (χ3n) is 7.73. The Labute approximate surface area is 231 Å². The Morgan fingerprint density at radius 3 is 2.32 bits per heavy atom. The van der Waals surface area contributed by atoms with Crippen molar-refractivity contribution in [2.45, 2.75) is 44.9 Å². The maximum absolute atomic E-state index is 13.9. The Hall–Kier alpha value is -2.97. The lowest BCUT2D eigenvalue weighted by atomic mass is 9.98. The van der Waals surface area contributed by atoms with Gasteiger partial charge in [-0.15, -0.1) is 12.4 Å². The van der Waals surface area contributed by atoms with E-state index in [9.17, 15) is 9.59 Å². The highest BCUT2D eigenvalue weighted by Gasteiger charge is 2.32. The number of anilines is 1. The number of para-hydroxylation sites is 1. The molecular formula is C30H38ClN5O2. The number of rotatable bonds is 7. The van der Waals surface area contributed by atoms with Crippen molar-refractivity contribution < 1.29 is 9.59 Å². The van der Waals surface area contributed by atoms with Crippen molar-refractivity contribution in [3.63, 3.8) is 0 Å². The fraction of sp³-hybridized carbons (Fsp3) is 0.400. The molecule has 38 heavy (non-hydrogen) atoms. The van der Waals surface area contributed by atoms with Crippen molar-refractivity contribution in [1.82, 2.24) is 20.9 Å². The SMILES string of the molecule is CNC(C)C(=O)NC1CCc2ccccc2N(Cc2cccc3c(CN4CCNCC4)cccc23)C1=O.Cl. The highest BCUT2D eigenvalue weighted by Crippen LogP contribution is 2.31. The molecule has 3 aromatic rings. The zero-order valence-electron chi connectivity index (χ0n) is 22.2. The molecule has 1 saturated heterocycles. The quantitative estimate of drug-likeness (QED) is 0.433. The van der Waals surface area contributed by atoms with Crippen LogP contribution in [0.4, 0.5) is 5.69 Å². The molecular weight excluding hydrogens is 498 g/mol. The van der Waals surface area contributed by atoms with Crippen molar-refractivity contribution in [3.05, 3.63) is 77.4 Å². The summed E-state index contributed by atoms with van der Waals surface area (Å²) < 4.78 is 0. The van der Waals surface area contributed by atoms with Gasteiger partial charge in [-0.05, 0) is 60.3 Å². The molecule has 3 aromatic carbocycles. The molecule has 2 atom stereocenters. The van der Waals surface area contributed by atoms with Gasteiger partial charge in [-0.3, -0.25) is 14.5 Å². The van der Waals surface area contributed by atoms with E-state index in [0.29, 0.717) is 13.0 Å². The van der Waals surface area contributed by atoms with Crippen LogP contribution in [0.1, 0.15) is 30.0 Å². The average Bonchev–Trinajstić information content (AvgIpc) is 3.06. The van der Waals surface area contributed by atoms with Crippen LogP contribution in [0.5, 0.6) is 0 Å². The summed E-state index contributed by atoms with van der Waals surface area (Å²) in [5.74, 6) is -0.218. The molecule has 0 aliphatic carbocycles. The number of carbonyl (C=O) groups excluding carboxylic acids is 2. The van der Waals surface area contributed by atoms with E-state index in [0.717, 1.165) is 56.0 Å². The predicted octanol–water partition coefficient (Wildman–Crippen LogP) is 3.24. The van der Waals surface area contributed by atoms with Gasteiger partial charge in [-0.25, -0.2) is 0 Å². The van der Waals surface area contributed by atoms with Gasteiger partial charge in [0.15, 0.2) is 0 Å². The first-order chi connectivity index (χ1) is 18.0. The van der Waals surface area contributed by atoms with E-state index in [1.807, 2.05) is 23.1 Å². The summed E-state index contributed by atoms with van der Waals surface area (Å²) in [6, 6.07) is 20.1. The predicted molar refractivity (Wildman–Crippen MR) is 156 cm³/mol. The van der Waals surface area contributed by atoms with Gasteiger partial charge in [0.2, 0.25) is 11.8 Å². The van der Waals surface area contributed by atoms with Crippen LogP contribution in [0.3, 0.4) is 0 Å². The van der Waals surface area contributed by atoms with Crippen LogP contribution in [0.2, 0.25) is 0 Å². The highest BCUT2D eigenvalue weighted by molar-refractivity contribution is 6.01. The topological polar surface area (TPSA) is 76.7 Å². The number of fused-ring (bicyclic) bond motifs is 2. The van der Waals surface area contributed by atoms with Crippen molar-refractivity contribution in [3.8, 4) is 0 Å². The number of amides is 2. The number of nitrogens with zero attached hydrogens (tertiary/aromatic N) is 2. The summed E-state index contributed by atoms with van der Waals surface area (Å²) in [5, 5.41) is 11.8. The van der Waals surface area contributed by atoms with E-state index in [2.05, 4.69) is 63.3 Å². The van der Waals surface area contributed by atoms with Crippen LogP contribution in [-0.4, -0.2) is 62.0 Å². The molecule has 0 bridgehead atoms. The number of likely N-dealkylation sites (N-methyl/N-ethyl adjacent to an activating group) is 1. The number of halogens is 1. The minimum Gasteiger partial charge on any atom is -0.343 e. The molecule has 1 fully saturated rings. The van der Waals surface area contributed by atoms with E-state index in [4.69, 9.17) is 0 Å². The summed E-state index contributed by atoms with van der Waals surface area (Å²) >= 11 is 0. The molecule has 3 N–H and O–H groups in total. The molecule has 0 radical (unpaired) electrons. The maximum Gasteiger partial charge on any atom is 0.249 e. The summed E-state index contributed by atoms with van der Waals surface area (Å²) in [6.45, 7) is 7.33. The van der Waals surface area contributed by atoms with E-state index in [1.54, 1.807) is 14.0 Å². The lowest BCUT2D eigenvalue weighted by Crippen LogP contribution is -2.52. The fourth-order valence-corrected chi connectivity index (χ4v) is 5.44. The molecule has 7 nitrogen and oxygen atoms in total. The molecule has 2 unspecified atom stereocenters. The van der Waals surface area contributed by atoms with Crippen LogP contribution < -0.4 is 20.9 Å². The number of carbonyl (C=O) groups is 2. The lowest BCUT2D eigenvalue weighted by molar-refractivity contribution is -0.128. The monoisotopic (exact) mass is 535 g/mol. The molecule has 0 saturated carbocycles. The van der Waals surface area contributed by atoms with Crippen molar-refractivity contribution in [1.29, 1.82) is 0 Å². The maximum atomic E-state index is 13.9. The van der Waals surface area contributed by atoms with E-state index in [-0.39, 0.29) is 30.3 Å². The zero-order valence-corrected chi connectivity index (χ0v) is 23.0. The molecule has 0 aromatic heterocycles. The van der Waals surface area contributed by atoms with Gasteiger partial charge in [-0.1, -0.05) is 54.6 Å². The van der Waals surface area contributed by atoms with Gasteiger partial charge < -0.3 is 20.9 Å². The molecule has 2 amide bonds. The Bertz CT molecular complexity index is 1280. The van der Waals surface area contributed by atoms with E-state index >= 15 is 0 Å². The third kappa shape index (κ3) is 6.02.